The van der Waals surface area contributed by atoms with Crippen LogP contribution in [0.1, 0.15) is 46.5 Å². The highest BCUT2D eigenvalue weighted by atomic mass is 16.7. The molecule has 1 rings (SSSR count). The molecule has 0 atom stereocenters. The van der Waals surface area contributed by atoms with Crippen molar-refractivity contribution in [3.05, 3.63) is 0 Å². The third-order valence-electron chi connectivity index (χ3n) is 3.63. The van der Waals surface area contributed by atoms with Crippen molar-refractivity contribution in [1.82, 2.24) is 0 Å². The molecular formula is C12H22O4. The van der Waals surface area contributed by atoms with Crippen LogP contribution in [0.2, 0.25) is 0 Å². The number of carboxylic acids is 1. The second-order valence-electron chi connectivity index (χ2n) is 4.59. The first-order valence-electron chi connectivity index (χ1n) is 6.05. The predicted octanol–water partition coefficient (Wildman–Crippen LogP) is 2.42. The molecule has 0 amide bonds. The molecule has 1 heterocycles. The van der Waals surface area contributed by atoms with Gasteiger partial charge in [-0.1, -0.05) is 27.2 Å². The minimum Gasteiger partial charge on any atom is -0.477 e. The predicted molar refractivity (Wildman–Crippen MR) is 60.2 cm³/mol. The molecule has 0 spiro atoms. The van der Waals surface area contributed by atoms with E-state index < -0.39 is 11.8 Å². The zero-order chi connectivity index (χ0) is 12.2. The molecule has 1 N–H and O–H groups in total. The molecule has 0 bridgehead atoms. The van der Waals surface area contributed by atoms with Crippen LogP contribution in [-0.4, -0.2) is 30.1 Å². The van der Waals surface area contributed by atoms with Crippen molar-refractivity contribution in [2.75, 3.05) is 13.2 Å². The monoisotopic (exact) mass is 230 g/mol. The molecule has 4 heteroatoms. The molecule has 4 nitrogen and oxygen atoms in total. The summed E-state index contributed by atoms with van der Waals surface area (Å²) in [5.74, 6) is -2.40. The van der Waals surface area contributed by atoms with Gasteiger partial charge in [0.15, 0.2) is 0 Å². The topological polar surface area (TPSA) is 55.8 Å². The zero-order valence-corrected chi connectivity index (χ0v) is 10.4. The Morgan fingerprint density at radius 3 is 2.00 bits per heavy atom. The van der Waals surface area contributed by atoms with Gasteiger partial charge < -0.3 is 14.6 Å². The van der Waals surface area contributed by atoms with E-state index in [0.29, 0.717) is 19.6 Å². The lowest BCUT2D eigenvalue weighted by Gasteiger charge is -2.43. The summed E-state index contributed by atoms with van der Waals surface area (Å²) in [5, 5.41) is 9.19. The highest BCUT2D eigenvalue weighted by molar-refractivity contribution is 5.75. The van der Waals surface area contributed by atoms with Crippen LogP contribution >= 0.6 is 0 Å². The molecule has 94 valence electrons. The van der Waals surface area contributed by atoms with E-state index in [0.717, 1.165) is 19.3 Å². The first kappa shape index (κ1) is 13.5. The smallest absolute Gasteiger partial charge is 0.364 e. The molecule has 0 aromatic carbocycles. The van der Waals surface area contributed by atoms with Crippen LogP contribution in [0.5, 0.6) is 0 Å². The first-order valence-corrected chi connectivity index (χ1v) is 6.05. The molecule has 1 aliphatic rings. The van der Waals surface area contributed by atoms with Gasteiger partial charge in [-0.25, -0.2) is 4.79 Å². The summed E-state index contributed by atoms with van der Waals surface area (Å²) in [4.78, 5) is 11.2. The maximum atomic E-state index is 11.2. The molecule has 16 heavy (non-hydrogen) atoms. The number of carbonyl (C=O) groups is 1. The second kappa shape index (κ2) is 5.15. The maximum Gasteiger partial charge on any atom is 0.364 e. The number of hydrogen-bond donors (Lipinski definition) is 1. The maximum absolute atomic E-state index is 11.2. The van der Waals surface area contributed by atoms with Gasteiger partial charge in [-0.2, -0.15) is 0 Å². The summed E-state index contributed by atoms with van der Waals surface area (Å²) >= 11 is 0. The summed E-state index contributed by atoms with van der Waals surface area (Å²) in [6, 6.07) is 0. The van der Waals surface area contributed by atoms with Gasteiger partial charge in [0.05, 0.1) is 13.2 Å². The Bertz CT molecular complexity index is 235. The van der Waals surface area contributed by atoms with Gasteiger partial charge in [0, 0.05) is 11.8 Å². The SMILES string of the molecule is CCCC1(C(=O)O)OCC(CC)(CC)CO1. The van der Waals surface area contributed by atoms with Crippen molar-refractivity contribution in [1.29, 1.82) is 0 Å². The molecule has 0 aromatic heterocycles. The normalized spacial score (nSPS) is 22.9. The van der Waals surface area contributed by atoms with E-state index in [1.54, 1.807) is 0 Å². The molecule has 1 saturated heterocycles. The Kier molecular flexibility index (Phi) is 4.33. The van der Waals surface area contributed by atoms with Crippen molar-refractivity contribution < 1.29 is 19.4 Å². The fraction of sp³-hybridized carbons (Fsp3) is 0.917. The molecule has 0 radical (unpaired) electrons. The van der Waals surface area contributed by atoms with Crippen LogP contribution in [0.15, 0.2) is 0 Å². The van der Waals surface area contributed by atoms with Crippen molar-refractivity contribution in [2.45, 2.75) is 52.2 Å². The molecule has 0 aromatic rings. The van der Waals surface area contributed by atoms with E-state index >= 15 is 0 Å². The van der Waals surface area contributed by atoms with Gasteiger partial charge in [-0.3, -0.25) is 0 Å². The van der Waals surface area contributed by atoms with Crippen LogP contribution in [0, 0.1) is 5.41 Å². The molecule has 1 aliphatic heterocycles. The highest BCUT2D eigenvalue weighted by Crippen LogP contribution is 2.37. The minimum atomic E-state index is -1.40. The van der Waals surface area contributed by atoms with Gasteiger partial charge in [0.2, 0.25) is 0 Å². The fourth-order valence-electron chi connectivity index (χ4n) is 1.98. The third kappa shape index (κ3) is 2.38. The van der Waals surface area contributed by atoms with Crippen molar-refractivity contribution in [3.63, 3.8) is 0 Å². The summed E-state index contributed by atoms with van der Waals surface area (Å²) in [5.41, 5.74) is -0.00725. The van der Waals surface area contributed by atoms with E-state index in [-0.39, 0.29) is 5.41 Å². The van der Waals surface area contributed by atoms with Gasteiger partial charge >= 0.3 is 5.97 Å². The Morgan fingerprint density at radius 1 is 1.19 bits per heavy atom. The fourth-order valence-corrected chi connectivity index (χ4v) is 1.98. The Hall–Kier alpha value is -0.610. The average molecular weight is 230 g/mol. The standard InChI is InChI=1S/C12H22O4/c1-4-7-12(10(13)14)15-8-11(5-2,6-3)9-16-12/h4-9H2,1-3H3,(H,13,14). The molecule has 0 saturated carbocycles. The number of carboxylic acid groups (broad SMARTS) is 1. The lowest BCUT2D eigenvalue weighted by atomic mass is 9.83. The first-order chi connectivity index (χ1) is 7.54. The molecule has 0 unspecified atom stereocenters. The van der Waals surface area contributed by atoms with E-state index in [9.17, 15) is 9.90 Å². The minimum absolute atomic E-state index is 0.00725. The number of ether oxygens (including phenoxy) is 2. The molecule has 0 aliphatic carbocycles. The van der Waals surface area contributed by atoms with E-state index in [2.05, 4.69) is 13.8 Å². The largest absolute Gasteiger partial charge is 0.477 e. The van der Waals surface area contributed by atoms with Crippen molar-refractivity contribution >= 4 is 5.97 Å². The Labute approximate surface area is 96.9 Å². The van der Waals surface area contributed by atoms with Crippen molar-refractivity contribution in [3.8, 4) is 0 Å². The summed E-state index contributed by atoms with van der Waals surface area (Å²) in [7, 11) is 0. The average Bonchev–Trinajstić information content (AvgIpc) is 2.30. The van der Waals surface area contributed by atoms with Gasteiger partial charge in [0.25, 0.3) is 5.79 Å². The number of aliphatic carboxylic acids is 1. The van der Waals surface area contributed by atoms with Crippen molar-refractivity contribution in [2.24, 2.45) is 5.41 Å². The van der Waals surface area contributed by atoms with Gasteiger partial charge in [-0.15, -0.1) is 0 Å². The second-order valence-corrected chi connectivity index (χ2v) is 4.59. The number of hydrogen-bond acceptors (Lipinski definition) is 3. The van der Waals surface area contributed by atoms with Gasteiger partial charge in [-0.05, 0) is 12.8 Å². The quantitative estimate of drug-likeness (QED) is 0.788. The molecule has 1 fully saturated rings. The third-order valence-corrected chi connectivity index (χ3v) is 3.63. The van der Waals surface area contributed by atoms with E-state index in [1.807, 2.05) is 6.92 Å². The van der Waals surface area contributed by atoms with Gasteiger partial charge in [0.1, 0.15) is 0 Å². The number of rotatable bonds is 5. The Balaban J connectivity index is 2.73. The lowest BCUT2D eigenvalue weighted by molar-refractivity contribution is -0.300. The summed E-state index contributed by atoms with van der Waals surface area (Å²) < 4.78 is 11.1. The molecular weight excluding hydrogens is 208 g/mol. The van der Waals surface area contributed by atoms with E-state index in [1.165, 1.54) is 0 Å². The highest BCUT2D eigenvalue weighted by Gasteiger charge is 2.48. The zero-order valence-electron chi connectivity index (χ0n) is 10.4. The summed E-state index contributed by atoms with van der Waals surface area (Å²) in [6.45, 7) is 7.06. The van der Waals surface area contributed by atoms with Crippen LogP contribution < -0.4 is 0 Å². The van der Waals surface area contributed by atoms with Crippen LogP contribution in [0.25, 0.3) is 0 Å². The van der Waals surface area contributed by atoms with E-state index in [4.69, 9.17) is 9.47 Å². The Morgan fingerprint density at radius 2 is 1.69 bits per heavy atom. The van der Waals surface area contributed by atoms with Crippen LogP contribution in [-0.2, 0) is 14.3 Å². The van der Waals surface area contributed by atoms with Crippen LogP contribution in [0.3, 0.4) is 0 Å². The van der Waals surface area contributed by atoms with Crippen LogP contribution in [0.4, 0.5) is 0 Å². The lowest BCUT2D eigenvalue weighted by Crippen LogP contribution is -2.53. The summed E-state index contributed by atoms with van der Waals surface area (Å²) in [6.07, 6.45) is 3.04.